The molecule has 0 aliphatic carbocycles. The topological polar surface area (TPSA) is 86.8 Å². The highest BCUT2D eigenvalue weighted by molar-refractivity contribution is 7.92. The number of benzene rings is 3. The van der Waals surface area contributed by atoms with Crippen LogP contribution in [0.5, 0.6) is 0 Å². The van der Waals surface area contributed by atoms with Crippen molar-refractivity contribution in [1.29, 1.82) is 0 Å². The molecule has 0 fully saturated rings. The average molecular weight is 591 g/mol. The number of halogens is 2. The number of sulfonamides is 1. The Balaban J connectivity index is 2.01. The van der Waals surface area contributed by atoms with E-state index in [9.17, 15) is 18.0 Å². The van der Waals surface area contributed by atoms with E-state index in [2.05, 4.69) is 5.32 Å². The summed E-state index contributed by atoms with van der Waals surface area (Å²) >= 11 is 12.2. The highest BCUT2D eigenvalue weighted by Gasteiger charge is 2.32. The molecule has 0 radical (unpaired) electrons. The first-order chi connectivity index (χ1) is 18.4. The van der Waals surface area contributed by atoms with E-state index in [0.29, 0.717) is 22.2 Å². The fourth-order valence-corrected chi connectivity index (χ4v) is 5.59. The number of rotatable bonds is 11. The van der Waals surface area contributed by atoms with Crippen LogP contribution >= 0.6 is 23.2 Å². The minimum Gasteiger partial charge on any atom is -0.354 e. The van der Waals surface area contributed by atoms with E-state index >= 15 is 0 Å². The lowest BCUT2D eigenvalue weighted by molar-refractivity contribution is -0.139. The van der Waals surface area contributed by atoms with Crippen molar-refractivity contribution in [2.24, 2.45) is 5.92 Å². The lowest BCUT2D eigenvalue weighted by Gasteiger charge is -2.32. The van der Waals surface area contributed by atoms with Gasteiger partial charge in [-0.25, -0.2) is 8.42 Å². The lowest BCUT2D eigenvalue weighted by Crippen LogP contribution is -2.51. The van der Waals surface area contributed by atoms with Gasteiger partial charge >= 0.3 is 0 Å². The summed E-state index contributed by atoms with van der Waals surface area (Å²) in [5.74, 6) is -0.662. The van der Waals surface area contributed by atoms with Gasteiger partial charge in [-0.05, 0) is 73.9 Å². The quantitative estimate of drug-likeness (QED) is 0.311. The molecule has 0 saturated carbocycles. The lowest BCUT2D eigenvalue weighted by atomic mass is 10.1. The zero-order chi connectivity index (χ0) is 28.7. The molecule has 39 heavy (non-hydrogen) atoms. The third-order valence-electron chi connectivity index (χ3n) is 6.10. The fraction of sp³-hybridized carbons (Fsp3) is 0.310. The zero-order valence-electron chi connectivity index (χ0n) is 22.4. The molecule has 0 heterocycles. The molecule has 1 N–H and O–H groups in total. The molecular formula is C29H33Cl2N3O4S. The number of hydrogen-bond acceptors (Lipinski definition) is 4. The first-order valence-electron chi connectivity index (χ1n) is 12.5. The van der Waals surface area contributed by atoms with Gasteiger partial charge in [0.25, 0.3) is 10.0 Å². The molecule has 208 valence electrons. The van der Waals surface area contributed by atoms with Crippen molar-refractivity contribution in [2.75, 3.05) is 17.4 Å². The minimum atomic E-state index is -4.14. The average Bonchev–Trinajstić information content (AvgIpc) is 2.89. The van der Waals surface area contributed by atoms with Crippen LogP contribution in [0.3, 0.4) is 0 Å². The van der Waals surface area contributed by atoms with E-state index in [4.69, 9.17) is 23.2 Å². The van der Waals surface area contributed by atoms with Gasteiger partial charge in [0.1, 0.15) is 12.6 Å². The summed E-state index contributed by atoms with van der Waals surface area (Å²) in [6, 6.07) is 18.7. The number of anilines is 1. The van der Waals surface area contributed by atoms with Crippen molar-refractivity contribution < 1.29 is 18.0 Å². The van der Waals surface area contributed by atoms with Gasteiger partial charge in [0.05, 0.1) is 10.6 Å². The summed E-state index contributed by atoms with van der Waals surface area (Å²) in [7, 11) is -4.14. The predicted octanol–water partition coefficient (Wildman–Crippen LogP) is 5.69. The number of nitrogens with one attached hydrogen (secondary N) is 1. The van der Waals surface area contributed by atoms with Gasteiger partial charge < -0.3 is 10.2 Å². The highest BCUT2D eigenvalue weighted by Crippen LogP contribution is 2.26. The number of aryl methyl sites for hydroxylation is 1. The second kappa shape index (κ2) is 13.3. The summed E-state index contributed by atoms with van der Waals surface area (Å²) in [6.07, 6.45) is 0. The summed E-state index contributed by atoms with van der Waals surface area (Å²) in [4.78, 5) is 28.3. The van der Waals surface area contributed by atoms with Crippen LogP contribution in [0.2, 0.25) is 10.0 Å². The second-order valence-electron chi connectivity index (χ2n) is 9.77. The molecule has 0 saturated heterocycles. The smallest absolute Gasteiger partial charge is 0.264 e. The first-order valence-corrected chi connectivity index (χ1v) is 14.7. The molecule has 0 spiro atoms. The SMILES string of the molecule is Cc1ccc(S(=O)(=O)N(CC(=O)N(Cc2cccc(Cl)c2)C(C)C(=O)NCC(C)C)c2ccc(Cl)cc2)cc1. The Morgan fingerprint density at radius 2 is 1.54 bits per heavy atom. The molecular weight excluding hydrogens is 557 g/mol. The van der Waals surface area contributed by atoms with Crippen LogP contribution in [-0.4, -0.2) is 44.3 Å². The van der Waals surface area contributed by atoms with Crippen LogP contribution in [0.15, 0.2) is 77.7 Å². The summed E-state index contributed by atoms with van der Waals surface area (Å²) in [6.45, 7) is 7.41. The van der Waals surface area contributed by atoms with Crippen LogP contribution in [0.4, 0.5) is 5.69 Å². The maximum atomic E-state index is 13.9. The summed E-state index contributed by atoms with van der Waals surface area (Å²) in [5.41, 5.74) is 1.88. The van der Waals surface area contributed by atoms with Crippen molar-refractivity contribution in [3.63, 3.8) is 0 Å². The maximum Gasteiger partial charge on any atom is 0.264 e. The molecule has 3 aromatic carbocycles. The van der Waals surface area contributed by atoms with E-state index in [-0.39, 0.29) is 29.0 Å². The van der Waals surface area contributed by atoms with Gasteiger partial charge in [0.2, 0.25) is 11.8 Å². The van der Waals surface area contributed by atoms with E-state index in [1.807, 2.05) is 20.8 Å². The number of amides is 2. The van der Waals surface area contributed by atoms with Gasteiger partial charge in [-0.2, -0.15) is 0 Å². The van der Waals surface area contributed by atoms with Gasteiger partial charge in [-0.15, -0.1) is 0 Å². The van der Waals surface area contributed by atoms with Crippen molar-refractivity contribution in [3.8, 4) is 0 Å². The number of carbonyl (C=O) groups excluding carboxylic acids is 2. The van der Waals surface area contributed by atoms with Crippen molar-refractivity contribution in [2.45, 2.75) is 45.2 Å². The Labute approximate surface area is 240 Å². The Kier molecular flexibility index (Phi) is 10.4. The molecule has 0 aliphatic rings. The van der Waals surface area contributed by atoms with E-state index in [1.165, 1.54) is 17.0 Å². The van der Waals surface area contributed by atoms with Gasteiger partial charge in [0.15, 0.2) is 0 Å². The maximum absolute atomic E-state index is 13.9. The molecule has 1 atom stereocenters. The summed E-state index contributed by atoms with van der Waals surface area (Å²) in [5, 5.41) is 3.78. The molecule has 0 bridgehead atoms. The molecule has 3 aromatic rings. The van der Waals surface area contributed by atoms with E-state index < -0.39 is 28.5 Å². The van der Waals surface area contributed by atoms with E-state index in [0.717, 1.165) is 9.87 Å². The van der Waals surface area contributed by atoms with Gasteiger partial charge in [-0.3, -0.25) is 13.9 Å². The highest BCUT2D eigenvalue weighted by atomic mass is 35.5. The van der Waals surface area contributed by atoms with Crippen LogP contribution in [0, 0.1) is 12.8 Å². The molecule has 1 unspecified atom stereocenters. The molecule has 3 rings (SSSR count). The Morgan fingerprint density at radius 1 is 0.897 bits per heavy atom. The summed E-state index contributed by atoms with van der Waals surface area (Å²) < 4.78 is 28.6. The van der Waals surface area contributed by atoms with Crippen molar-refractivity contribution in [3.05, 3.63) is 94.0 Å². The number of hydrogen-bond donors (Lipinski definition) is 1. The van der Waals surface area contributed by atoms with Crippen LogP contribution < -0.4 is 9.62 Å². The largest absolute Gasteiger partial charge is 0.354 e. The standard InChI is InChI=1S/C29H33Cl2N3O4S/c1-20(2)17-32-29(36)22(4)33(18-23-6-5-7-25(31)16-23)28(35)19-34(26-12-10-24(30)11-13-26)39(37,38)27-14-8-21(3)9-15-27/h5-16,20,22H,17-19H2,1-4H3,(H,32,36). The predicted molar refractivity (Wildman–Crippen MR) is 156 cm³/mol. The Bertz CT molecular complexity index is 1390. The van der Waals surface area contributed by atoms with Crippen LogP contribution in [0.25, 0.3) is 0 Å². The van der Waals surface area contributed by atoms with Crippen LogP contribution in [-0.2, 0) is 26.2 Å². The van der Waals surface area contributed by atoms with Crippen LogP contribution in [0.1, 0.15) is 31.9 Å². The third-order valence-corrected chi connectivity index (χ3v) is 8.37. The molecule has 0 aromatic heterocycles. The van der Waals surface area contributed by atoms with Gasteiger partial charge in [0, 0.05) is 23.1 Å². The monoisotopic (exact) mass is 589 g/mol. The second-order valence-corrected chi connectivity index (χ2v) is 12.5. The zero-order valence-corrected chi connectivity index (χ0v) is 24.7. The third kappa shape index (κ3) is 8.21. The number of carbonyl (C=O) groups is 2. The van der Waals surface area contributed by atoms with Crippen molar-refractivity contribution >= 4 is 50.7 Å². The molecule has 2 amide bonds. The van der Waals surface area contributed by atoms with Gasteiger partial charge in [-0.1, -0.05) is 66.9 Å². The minimum absolute atomic E-state index is 0.0416. The molecule has 10 heteroatoms. The molecule has 7 nitrogen and oxygen atoms in total. The Morgan fingerprint density at radius 3 is 2.13 bits per heavy atom. The van der Waals surface area contributed by atoms with Crippen molar-refractivity contribution in [1.82, 2.24) is 10.2 Å². The van der Waals surface area contributed by atoms with E-state index in [1.54, 1.807) is 67.6 Å². The molecule has 0 aliphatic heterocycles. The fourth-order valence-electron chi connectivity index (χ4n) is 3.84. The normalized spacial score (nSPS) is 12.2. The Hall–Kier alpha value is -3.07. The first kappa shape index (κ1) is 30.5. The number of nitrogens with zero attached hydrogens (tertiary/aromatic N) is 2.